The van der Waals surface area contributed by atoms with E-state index in [9.17, 15) is 0 Å². The summed E-state index contributed by atoms with van der Waals surface area (Å²) in [4.78, 5) is 0. The molecule has 0 spiro atoms. The molecule has 86 valence electrons. The van der Waals surface area contributed by atoms with Crippen LogP contribution in [-0.4, -0.2) is 17.9 Å². The molecule has 1 unspecified atom stereocenters. The zero-order valence-electron chi connectivity index (χ0n) is 10.1. The third-order valence-electron chi connectivity index (χ3n) is 3.58. The Morgan fingerprint density at radius 2 is 2.00 bits per heavy atom. The molecule has 0 aromatic carbocycles. The zero-order chi connectivity index (χ0) is 10.7. The third-order valence-corrected chi connectivity index (χ3v) is 6.89. The van der Waals surface area contributed by atoms with Gasteiger partial charge in [-0.15, -0.1) is 0 Å². The van der Waals surface area contributed by atoms with Gasteiger partial charge in [0.15, 0.2) is 0 Å². The lowest BCUT2D eigenvalue weighted by Gasteiger charge is -2.32. The van der Waals surface area contributed by atoms with E-state index in [0.29, 0.717) is 0 Å². The molecule has 1 aliphatic carbocycles. The smallest absolute Gasteiger partial charge is 0.0309 e. The van der Waals surface area contributed by atoms with Gasteiger partial charge in [0.2, 0.25) is 0 Å². The fraction of sp³-hybridized carbons (Fsp3) is 0.846. The summed E-state index contributed by atoms with van der Waals surface area (Å²) in [6.45, 7) is 6.05. The molecular weight excluding hydrogens is 201 g/mol. The highest BCUT2D eigenvalue weighted by Crippen LogP contribution is 2.57. The van der Waals surface area contributed by atoms with E-state index in [-0.39, 0.29) is 7.92 Å². The fourth-order valence-corrected chi connectivity index (χ4v) is 6.25. The van der Waals surface area contributed by atoms with Crippen molar-refractivity contribution in [3.05, 3.63) is 11.5 Å². The van der Waals surface area contributed by atoms with Gasteiger partial charge in [0.05, 0.1) is 0 Å². The summed E-state index contributed by atoms with van der Waals surface area (Å²) in [6.07, 6.45) is 11.1. The summed E-state index contributed by atoms with van der Waals surface area (Å²) >= 11 is 0. The number of nitrogens with one attached hydrogen (secondary N) is 1. The van der Waals surface area contributed by atoms with E-state index in [1.165, 1.54) is 45.1 Å². The van der Waals surface area contributed by atoms with Crippen molar-refractivity contribution in [2.75, 3.05) is 6.54 Å². The first kappa shape index (κ1) is 11.5. The highest BCUT2D eigenvalue weighted by Gasteiger charge is 2.30. The van der Waals surface area contributed by atoms with Crippen molar-refractivity contribution in [2.45, 2.75) is 63.7 Å². The SMILES string of the molecule is CC(C)P(C1=CCCCN1)C1CCCC1. The second-order valence-corrected chi connectivity index (χ2v) is 8.16. The monoisotopic (exact) mass is 225 g/mol. The molecule has 1 N–H and O–H groups in total. The van der Waals surface area contributed by atoms with Gasteiger partial charge in [-0.05, 0) is 37.0 Å². The maximum Gasteiger partial charge on any atom is 0.0309 e. The lowest BCUT2D eigenvalue weighted by atomic mass is 10.2. The number of hydrogen-bond donors (Lipinski definition) is 1. The summed E-state index contributed by atoms with van der Waals surface area (Å²) in [6, 6.07) is 0. The molecule has 0 amide bonds. The van der Waals surface area contributed by atoms with Gasteiger partial charge in [-0.2, -0.15) is 0 Å². The molecule has 2 heteroatoms. The standard InChI is InChI=1S/C13H24NP/c1-11(2)15(12-7-3-4-8-12)13-9-5-6-10-14-13/h9,11-12,14H,3-8,10H2,1-2H3. The van der Waals surface area contributed by atoms with Crippen LogP contribution < -0.4 is 5.32 Å². The van der Waals surface area contributed by atoms with Crippen molar-refractivity contribution in [1.82, 2.24) is 5.32 Å². The second kappa shape index (κ2) is 5.34. The van der Waals surface area contributed by atoms with Gasteiger partial charge in [-0.1, -0.05) is 40.7 Å². The number of allylic oxidation sites excluding steroid dienone is 1. The van der Waals surface area contributed by atoms with Crippen molar-refractivity contribution < 1.29 is 0 Å². The highest BCUT2D eigenvalue weighted by molar-refractivity contribution is 7.63. The maximum absolute atomic E-state index is 3.67. The van der Waals surface area contributed by atoms with Crippen LogP contribution in [0.3, 0.4) is 0 Å². The normalized spacial score (nSPS) is 25.1. The van der Waals surface area contributed by atoms with E-state index in [2.05, 4.69) is 25.2 Å². The summed E-state index contributed by atoms with van der Waals surface area (Å²) in [7, 11) is 0.111. The first-order valence-corrected chi connectivity index (χ1v) is 7.99. The van der Waals surface area contributed by atoms with Gasteiger partial charge < -0.3 is 5.32 Å². The van der Waals surface area contributed by atoms with Crippen molar-refractivity contribution >= 4 is 7.92 Å². The topological polar surface area (TPSA) is 12.0 Å². The summed E-state index contributed by atoms with van der Waals surface area (Å²) < 4.78 is 0. The summed E-state index contributed by atoms with van der Waals surface area (Å²) in [5, 5.41) is 3.67. The Morgan fingerprint density at radius 3 is 2.53 bits per heavy atom. The van der Waals surface area contributed by atoms with Gasteiger partial charge in [-0.25, -0.2) is 0 Å². The Labute approximate surface area is 95.5 Å². The minimum Gasteiger partial charge on any atom is -0.385 e. The molecule has 1 aliphatic heterocycles. The molecular formula is C13H24NP. The minimum absolute atomic E-state index is 0.111. The number of hydrogen-bond acceptors (Lipinski definition) is 1. The van der Waals surface area contributed by atoms with Crippen molar-refractivity contribution in [2.24, 2.45) is 0 Å². The van der Waals surface area contributed by atoms with E-state index in [0.717, 1.165) is 11.3 Å². The lowest BCUT2D eigenvalue weighted by molar-refractivity contribution is 0.711. The van der Waals surface area contributed by atoms with E-state index in [4.69, 9.17) is 0 Å². The second-order valence-electron chi connectivity index (χ2n) is 5.10. The van der Waals surface area contributed by atoms with Crippen LogP contribution in [0.15, 0.2) is 11.5 Å². The predicted octanol–water partition coefficient (Wildman–Crippen LogP) is 4.04. The molecule has 0 bridgehead atoms. The highest BCUT2D eigenvalue weighted by atomic mass is 31.1. The Bertz CT molecular complexity index is 229. The predicted molar refractivity (Wildman–Crippen MR) is 69.6 cm³/mol. The van der Waals surface area contributed by atoms with Gasteiger partial charge in [-0.3, -0.25) is 0 Å². The van der Waals surface area contributed by atoms with Gasteiger partial charge in [0.25, 0.3) is 0 Å². The van der Waals surface area contributed by atoms with Crippen molar-refractivity contribution in [1.29, 1.82) is 0 Å². The molecule has 0 saturated heterocycles. The third kappa shape index (κ3) is 2.75. The van der Waals surface area contributed by atoms with Gasteiger partial charge in [0.1, 0.15) is 0 Å². The Morgan fingerprint density at radius 1 is 1.27 bits per heavy atom. The first-order chi connectivity index (χ1) is 7.29. The Balaban J connectivity index is 2.07. The molecule has 2 aliphatic rings. The van der Waals surface area contributed by atoms with Crippen LogP contribution in [0.4, 0.5) is 0 Å². The molecule has 1 nitrogen and oxygen atoms in total. The van der Waals surface area contributed by atoms with E-state index < -0.39 is 0 Å². The average Bonchev–Trinajstić information content (AvgIpc) is 2.72. The molecule has 0 radical (unpaired) electrons. The Hall–Kier alpha value is -0.0300. The minimum atomic E-state index is 0.111. The quantitative estimate of drug-likeness (QED) is 0.715. The van der Waals surface area contributed by atoms with Crippen LogP contribution in [-0.2, 0) is 0 Å². The van der Waals surface area contributed by atoms with Crippen LogP contribution >= 0.6 is 7.92 Å². The molecule has 0 aromatic rings. The van der Waals surface area contributed by atoms with Crippen molar-refractivity contribution in [3.63, 3.8) is 0 Å². The van der Waals surface area contributed by atoms with E-state index in [1.807, 2.05) is 0 Å². The van der Waals surface area contributed by atoms with Gasteiger partial charge in [0, 0.05) is 12.0 Å². The van der Waals surface area contributed by atoms with E-state index in [1.54, 1.807) is 5.44 Å². The van der Waals surface area contributed by atoms with Crippen LogP contribution in [0.1, 0.15) is 52.4 Å². The average molecular weight is 225 g/mol. The molecule has 15 heavy (non-hydrogen) atoms. The van der Waals surface area contributed by atoms with E-state index >= 15 is 0 Å². The van der Waals surface area contributed by atoms with Crippen LogP contribution in [0, 0.1) is 0 Å². The molecule has 2 rings (SSSR count). The Kier molecular flexibility index (Phi) is 4.08. The maximum atomic E-state index is 3.67. The summed E-state index contributed by atoms with van der Waals surface area (Å²) in [5.41, 5.74) is 3.52. The number of rotatable bonds is 3. The van der Waals surface area contributed by atoms with Crippen LogP contribution in [0.5, 0.6) is 0 Å². The molecule has 1 fully saturated rings. The lowest BCUT2D eigenvalue weighted by Crippen LogP contribution is -2.22. The van der Waals surface area contributed by atoms with Crippen molar-refractivity contribution in [3.8, 4) is 0 Å². The fourth-order valence-electron chi connectivity index (χ4n) is 2.91. The largest absolute Gasteiger partial charge is 0.385 e. The molecule has 1 heterocycles. The molecule has 0 aromatic heterocycles. The zero-order valence-corrected chi connectivity index (χ0v) is 11.0. The molecule has 1 saturated carbocycles. The van der Waals surface area contributed by atoms with Gasteiger partial charge >= 0.3 is 0 Å². The van der Waals surface area contributed by atoms with Crippen LogP contribution in [0.2, 0.25) is 0 Å². The molecule has 1 atom stereocenters. The van der Waals surface area contributed by atoms with Crippen LogP contribution in [0.25, 0.3) is 0 Å². The first-order valence-electron chi connectivity index (χ1n) is 6.51. The summed E-state index contributed by atoms with van der Waals surface area (Å²) in [5.74, 6) is 0.